The lowest BCUT2D eigenvalue weighted by molar-refractivity contribution is -0.113. The van der Waals surface area contributed by atoms with E-state index in [-0.39, 0.29) is 0 Å². The molecule has 1 aromatic carbocycles. The molecule has 0 spiro atoms. The Labute approximate surface area is 97.8 Å². The van der Waals surface area contributed by atoms with Gasteiger partial charge in [-0.25, -0.2) is 9.69 Å². The van der Waals surface area contributed by atoms with Crippen LogP contribution in [-0.4, -0.2) is 11.9 Å². The van der Waals surface area contributed by atoms with Gasteiger partial charge in [0, 0.05) is 12.3 Å². The fraction of sp³-hybridized carbons (Fsp3) is 0. The first-order chi connectivity index (χ1) is 8.29. The molecule has 5 nitrogen and oxygen atoms in total. The first-order valence-corrected chi connectivity index (χ1v) is 4.96. The number of benzene rings is 1. The number of imide groups is 1. The van der Waals surface area contributed by atoms with Gasteiger partial charge in [-0.15, -0.1) is 0 Å². The van der Waals surface area contributed by atoms with Gasteiger partial charge in [-0.05, 0) is 18.2 Å². The lowest BCUT2D eigenvalue weighted by Crippen LogP contribution is -2.33. The second-order valence-electron chi connectivity index (χ2n) is 3.21. The van der Waals surface area contributed by atoms with Crippen molar-refractivity contribution in [1.29, 1.82) is 0 Å². The lowest BCUT2D eigenvalue weighted by Gasteiger charge is -2.15. The van der Waals surface area contributed by atoms with Crippen molar-refractivity contribution in [3.63, 3.8) is 0 Å². The number of carbonyl (C=O) groups excluding carboxylic acids is 2. The number of nitrogens with zero attached hydrogens (tertiary/aromatic N) is 3. The molecule has 1 aliphatic heterocycles. The number of allylic oxidation sites excluding steroid dienone is 2. The van der Waals surface area contributed by atoms with E-state index < -0.39 is 11.9 Å². The molecule has 0 N–H and O–H groups in total. The minimum atomic E-state index is -0.711. The Kier molecular flexibility index (Phi) is 3.20. The largest absolute Gasteiger partial charge is 0.373 e. The summed E-state index contributed by atoms with van der Waals surface area (Å²) in [7, 11) is 0. The first-order valence-electron chi connectivity index (χ1n) is 4.96. The molecule has 5 heteroatoms. The summed E-state index contributed by atoms with van der Waals surface area (Å²) in [4.78, 5) is 24.5. The highest BCUT2D eigenvalue weighted by atomic mass is 16.2. The van der Waals surface area contributed by atoms with Crippen LogP contribution in [0.3, 0.4) is 0 Å². The minimum Gasteiger partial charge on any atom is -0.269 e. The maximum Gasteiger partial charge on any atom is 0.373 e. The standard InChI is InChI=1S/C12H9N3O2/c16-11-8-4-5-9-13-14-12(17)15(11)10-6-2-1-3-7-10/h1-9H/b8-4+,9-5-,14-13+. The highest BCUT2D eigenvalue weighted by molar-refractivity contribution is 6.18. The van der Waals surface area contributed by atoms with Crippen molar-refractivity contribution in [1.82, 2.24) is 0 Å². The zero-order valence-corrected chi connectivity index (χ0v) is 8.85. The van der Waals surface area contributed by atoms with Gasteiger partial charge in [0.2, 0.25) is 0 Å². The van der Waals surface area contributed by atoms with Crippen LogP contribution in [0.2, 0.25) is 0 Å². The minimum absolute atomic E-state index is 0.452. The highest BCUT2D eigenvalue weighted by Crippen LogP contribution is 2.15. The summed E-state index contributed by atoms with van der Waals surface area (Å²) in [6.45, 7) is 0. The molecule has 1 aliphatic rings. The van der Waals surface area contributed by atoms with Crippen molar-refractivity contribution in [3.8, 4) is 0 Å². The molecule has 0 saturated carbocycles. The van der Waals surface area contributed by atoms with Gasteiger partial charge >= 0.3 is 6.03 Å². The average molecular weight is 227 g/mol. The van der Waals surface area contributed by atoms with Crippen molar-refractivity contribution in [2.45, 2.75) is 0 Å². The van der Waals surface area contributed by atoms with E-state index in [0.717, 1.165) is 4.90 Å². The lowest BCUT2D eigenvalue weighted by atomic mass is 10.3. The van der Waals surface area contributed by atoms with Gasteiger partial charge in [0.15, 0.2) is 0 Å². The molecule has 0 radical (unpaired) electrons. The van der Waals surface area contributed by atoms with Crippen molar-refractivity contribution in [2.24, 2.45) is 10.2 Å². The third kappa shape index (κ3) is 2.52. The zero-order valence-electron chi connectivity index (χ0n) is 8.85. The summed E-state index contributed by atoms with van der Waals surface area (Å²) in [5.41, 5.74) is 0.466. The van der Waals surface area contributed by atoms with E-state index >= 15 is 0 Å². The Morgan fingerprint density at radius 2 is 1.76 bits per heavy atom. The van der Waals surface area contributed by atoms with Crippen LogP contribution in [0.5, 0.6) is 0 Å². The number of azo groups is 1. The van der Waals surface area contributed by atoms with E-state index in [4.69, 9.17) is 0 Å². The first kappa shape index (κ1) is 10.9. The van der Waals surface area contributed by atoms with Gasteiger partial charge in [0.25, 0.3) is 5.91 Å². The number of urea groups is 1. The number of carbonyl (C=O) groups is 2. The van der Waals surface area contributed by atoms with Gasteiger partial charge in [0.1, 0.15) is 0 Å². The third-order valence-corrected chi connectivity index (χ3v) is 2.07. The Hall–Kier alpha value is -2.56. The summed E-state index contributed by atoms with van der Waals surface area (Å²) >= 11 is 0. The normalized spacial score (nSPS) is 21.3. The molecule has 0 bridgehead atoms. The van der Waals surface area contributed by atoms with Crippen LogP contribution in [-0.2, 0) is 4.79 Å². The van der Waals surface area contributed by atoms with Crippen LogP contribution in [0.4, 0.5) is 10.5 Å². The number of hydrogen-bond acceptors (Lipinski definition) is 3. The molecule has 0 saturated heterocycles. The van der Waals surface area contributed by atoms with Crippen LogP contribution in [0.25, 0.3) is 0 Å². The fourth-order valence-corrected chi connectivity index (χ4v) is 1.34. The number of hydrogen-bond donors (Lipinski definition) is 0. The molecule has 1 heterocycles. The summed E-state index contributed by atoms with van der Waals surface area (Å²) in [6.07, 6.45) is 5.67. The maximum atomic E-state index is 11.8. The summed E-state index contributed by atoms with van der Waals surface area (Å²) in [5, 5.41) is 6.95. The van der Waals surface area contributed by atoms with E-state index in [0.29, 0.717) is 5.69 Å². The SMILES string of the molecule is O=C1/C=C/C=C\N=N\C(=O)N1c1ccccc1. The number of anilines is 1. The Bertz CT molecular complexity index is 490. The van der Waals surface area contributed by atoms with E-state index in [1.54, 1.807) is 30.3 Å². The molecule has 0 aromatic heterocycles. The average Bonchev–Trinajstić information content (AvgIpc) is 2.42. The van der Waals surface area contributed by atoms with E-state index in [1.807, 2.05) is 0 Å². The van der Waals surface area contributed by atoms with E-state index in [1.165, 1.54) is 24.4 Å². The fourth-order valence-electron chi connectivity index (χ4n) is 1.34. The number of amides is 3. The van der Waals surface area contributed by atoms with Crippen LogP contribution in [0.15, 0.2) is 65.0 Å². The van der Waals surface area contributed by atoms with Crippen LogP contribution >= 0.6 is 0 Å². The quantitative estimate of drug-likeness (QED) is 0.740. The third-order valence-electron chi connectivity index (χ3n) is 2.07. The predicted octanol–water partition coefficient (Wildman–Crippen LogP) is 2.68. The van der Waals surface area contributed by atoms with Crippen LogP contribution in [0, 0.1) is 0 Å². The summed E-state index contributed by atoms with van der Waals surface area (Å²) in [5.74, 6) is -0.452. The smallest absolute Gasteiger partial charge is 0.269 e. The Morgan fingerprint density at radius 1 is 1.00 bits per heavy atom. The molecule has 2 rings (SSSR count). The van der Waals surface area contributed by atoms with E-state index in [9.17, 15) is 9.59 Å². The topological polar surface area (TPSA) is 62.1 Å². The number of para-hydroxylation sites is 1. The highest BCUT2D eigenvalue weighted by Gasteiger charge is 2.21. The maximum absolute atomic E-state index is 11.8. The van der Waals surface area contributed by atoms with Gasteiger partial charge < -0.3 is 0 Å². The molecule has 1 aromatic rings. The van der Waals surface area contributed by atoms with Gasteiger partial charge in [-0.3, -0.25) is 4.79 Å². The molecule has 0 fully saturated rings. The summed E-state index contributed by atoms with van der Waals surface area (Å²) in [6, 6.07) is 7.88. The molecule has 17 heavy (non-hydrogen) atoms. The zero-order chi connectivity index (χ0) is 12.1. The van der Waals surface area contributed by atoms with Gasteiger partial charge in [-0.2, -0.15) is 5.11 Å². The van der Waals surface area contributed by atoms with Crippen LogP contribution < -0.4 is 4.90 Å². The predicted molar refractivity (Wildman–Crippen MR) is 62.5 cm³/mol. The van der Waals surface area contributed by atoms with Crippen LogP contribution in [0.1, 0.15) is 0 Å². The molecular formula is C12H9N3O2. The van der Waals surface area contributed by atoms with Gasteiger partial charge in [0.05, 0.1) is 5.69 Å². The van der Waals surface area contributed by atoms with Crippen molar-refractivity contribution in [2.75, 3.05) is 4.90 Å². The van der Waals surface area contributed by atoms with E-state index in [2.05, 4.69) is 10.2 Å². The second kappa shape index (κ2) is 4.98. The second-order valence-corrected chi connectivity index (χ2v) is 3.21. The Morgan fingerprint density at radius 3 is 2.53 bits per heavy atom. The number of rotatable bonds is 1. The molecule has 0 unspecified atom stereocenters. The summed E-state index contributed by atoms with van der Waals surface area (Å²) < 4.78 is 0. The van der Waals surface area contributed by atoms with Crippen molar-refractivity contribution < 1.29 is 9.59 Å². The van der Waals surface area contributed by atoms with Gasteiger partial charge in [-0.1, -0.05) is 29.4 Å². The molecule has 0 atom stereocenters. The van der Waals surface area contributed by atoms with Crippen molar-refractivity contribution >= 4 is 17.6 Å². The Balaban J connectivity index is 2.42. The molecule has 0 aliphatic carbocycles. The monoisotopic (exact) mass is 227 g/mol. The molecule has 84 valence electrons. The van der Waals surface area contributed by atoms with Crippen molar-refractivity contribution in [3.05, 3.63) is 54.8 Å². The molecule has 3 amide bonds. The molecular weight excluding hydrogens is 218 g/mol.